The van der Waals surface area contributed by atoms with E-state index in [-0.39, 0.29) is 17.5 Å². The van der Waals surface area contributed by atoms with Crippen LogP contribution in [-0.2, 0) is 16.2 Å². The Balaban J connectivity index is 1.25. The highest BCUT2D eigenvalue weighted by molar-refractivity contribution is 7.00. The Labute approximate surface area is 388 Å². The SMILES string of the molecule is CCC(C)(CC)c1cc2c3c(c1)c1cc(C(C)(CC)CC)cc4c1n3-c1c(ccc3c1B2c1cccc2c(-c5ccccc5)c(-c5ccccc5)n-3c12)C41c2ccccc2-c2ccccc21. The summed E-state index contributed by atoms with van der Waals surface area (Å²) in [5.74, 6) is 0. The molecule has 2 nitrogen and oxygen atoms in total. The van der Waals surface area contributed by atoms with Crippen LogP contribution in [0, 0.1) is 0 Å². The molecule has 1 spiro atoms. The number of hydrogen-bond acceptors (Lipinski definition) is 0. The van der Waals surface area contributed by atoms with E-state index in [0.717, 1.165) is 25.7 Å². The van der Waals surface area contributed by atoms with Gasteiger partial charge in [-0.15, -0.1) is 0 Å². The molecular formula is C63H53BN2. The number of nitrogens with zero attached hydrogens (tertiary/aromatic N) is 2. The lowest BCUT2D eigenvalue weighted by molar-refractivity contribution is 0.438. The summed E-state index contributed by atoms with van der Waals surface area (Å²) in [7, 11) is 0. The van der Waals surface area contributed by atoms with Crippen LogP contribution in [0.2, 0.25) is 0 Å². The standard InChI is InChI=1S/C63H53BN2/c1-7-61(5,8-2)40-34-45-46-35-41(62(6,9-3)10-4)37-52-59(46)66-57(45)50(36-40)63(47-29-19-17-26-42(47)43-27-18-20-30-48(43)63)49-32-33-53-55(60(49)66)64(52)51-31-21-28-44-54(38-22-13-11-14-23-38)56(65(53)58(44)51)39-24-15-12-16-25-39/h11-37H,7-10H2,1-6H3. The minimum atomic E-state index is -0.523. The van der Waals surface area contributed by atoms with Crippen molar-refractivity contribution in [2.75, 3.05) is 0 Å². The van der Waals surface area contributed by atoms with E-state index in [0.29, 0.717) is 0 Å². The van der Waals surface area contributed by atoms with Gasteiger partial charge in [0.1, 0.15) is 0 Å². The first kappa shape index (κ1) is 38.4. The molecule has 10 aromatic rings. The van der Waals surface area contributed by atoms with Gasteiger partial charge in [-0.2, -0.15) is 0 Å². The van der Waals surface area contributed by atoms with E-state index in [1.54, 1.807) is 0 Å². The Morgan fingerprint density at radius 1 is 0.455 bits per heavy atom. The second-order valence-corrected chi connectivity index (χ2v) is 20.5. The van der Waals surface area contributed by atoms with Crippen molar-refractivity contribution >= 4 is 55.8 Å². The van der Waals surface area contributed by atoms with Crippen molar-refractivity contribution in [3.63, 3.8) is 0 Å². The van der Waals surface area contributed by atoms with Crippen molar-refractivity contribution in [3.8, 4) is 44.9 Å². The molecule has 2 aromatic heterocycles. The minimum absolute atomic E-state index is 0.0180. The number of benzene rings is 8. The first-order chi connectivity index (χ1) is 32.3. The maximum absolute atomic E-state index is 2.79. The van der Waals surface area contributed by atoms with Gasteiger partial charge < -0.3 is 9.13 Å². The summed E-state index contributed by atoms with van der Waals surface area (Å²) >= 11 is 0. The molecule has 0 bridgehead atoms. The summed E-state index contributed by atoms with van der Waals surface area (Å²) in [6.45, 7) is 14.6. The molecule has 8 aromatic carbocycles. The smallest absolute Gasteiger partial charge is 0.252 e. The molecule has 0 saturated carbocycles. The van der Waals surface area contributed by atoms with E-state index in [9.17, 15) is 0 Å². The quantitative estimate of drug-likeness (QED) is 0.135. The van der Waals surface area contributed by atoms with Gasteiger partial charge in [0.15, 0.2) is 0 Å². The molecule has 0 amide bonds. The topological polar surface area (TPSA) is 9.86 Å². The highest BCUT2D eigenvalue weighted by Gasteiger charge is 2.55. The molecule has 318 valence electrons. The molecule has 3 aliphatic heterocycles. The molecule has 0 fully saturated rings. The van der Waals surface area contributed by atoms with Crippen LogP contribution in [0.1, 0.15) is 101 Å². The van der Waals surface area contributed by atoms with E-state index in [2.05, 4.69) is 214 Å². The highest BCUT2D eigenvalue weighted by Crippen LogP contribution is 2.62. The third-order valence-electron chi connectivity index (χ3n) is 18.0. The summed E-state index contributed by atoms with van der Waals surface area (Å²) in [5, 5.41) is 4.12. The molecule has 0 saturated heterocycles. The average Bonchev–Trinajstić information content (AvgIpc) is 4.01. The molecule has 1 aliphatic carbocycles. The van der Waals surface area contributed by atoms with Crippen LogP contribution in [0.5, 0.6) is 0 Å². The first-order valence-electron chi connectivity index (χ1n) is 24.6. The molecular weight excluding hydrogens is 796 g/mol. The third-order valence-corrected chi connectivity index (χ3v) is 18.0. The predicted octanol–water partition coefficient (Wildman–Crippen LogP) is 14.0. The fourth-order valence-corrected chi connectivity index (χ4v) is 13.7. The average molecular weight is 849 g/mol. The lowest BCUT2D eigenvalue weighted by atomic mass is 9.33. The van der Waals surface area contributed by atoms with Gasteiger partial charge in [-0.3, -0.25) is 0 Å². The van der Waals surface area contributed by atoms with Crippen LogP contribution in [0.4, 0.5) is 0 Å². The normalized spacial score (nSPS) is 14.5. The van der Waals surface area contributed by atoms with Crippen molar-refractivity contribution in [1.82, 2.24) is 9.13 Å². The number of aromatic nitrogens is 2. The Morgan fingerprint density at radius 3 is 1.65 bits per heavy atom. The van der Waals surface area contributed by atoms with Crippen LogP contribution >= 0.6 is 0 Å². The molecule has 66 heavy (non-hydrogen) atoms. The molecule has 0 radical (unpaired) electrons. The van der Waals surface area contributed by atoms with Gasteiger partial charge in [-0.25, -0.2) is 0 Å². The summed E-state index contributed by atoms with van der Waals surface area (Å²) < 4.78 is 5.47. The molecule has 4 aliphatic rings. The van der Waals surface area contributed by atoms with Crippen LogP contribution in [-0.4, -0.2) is 15.8 Å². The van der Waals surface area contributed by atoms with Gasteiger partial charge in [0.2, 0.25) is 0 Å². The Hall–Kier alpha value is -6.84. The third kappa shape index (κ3) is 4.41. The zero-order valence-electron chi connectivity index (χ0n) is 38.9. The van der Waals surface area contributed by atoms with Crippen LogP contribution < -0.4 is 16.4 Å². The Morgan fingerprint density at radius 2 is 1.02 bits per heavy atom. The van der Waals surface area contributed by atoms with E-state index < -0.39 is 5.41 Å². The van der Waals surface area contributed by atoms with Gasteiger partial charge in [-0.05, 0) is 127 Å². The molecule has 5 heterocycles. The lowest BCUT2D eigenvalue weighted by Crippen LogP contribution is -2.60. The molecule has 0 unspecified atom stereocenters. The fourth-order valence-electron chi connectivity index (χ4n) is 13.7. The van der Waals surface area contributed by atoms with E-state index in [4.69, 9.17) is 0 Å². The predicted molar refractivity (Wildman–Crippen MR) is 280 cm³/mol. The second-order valence-electron chi connectivity index (χ2n) is 20.5. The van der Waals surface area contributed by atoms with E-state index >= 15 is 0 Å². The van der Waals surface area contributed by atoms with Crippen molar-refractivity contribution < 1.29 is 0 Å². The molecule has 3 heteroatoms. The lowest BCUT2D eigenvalue weighted by Gasteiger charge is -2.44. The monoisotopic (exact) mass is 848 g/mol. The van der Waals surface area contributed by atoms with Gasteiger partial charge in [-0.1, -0.05) is 187 Å². The maximum atomic E-state index is 2.79. The number of hydrogen-bond donors (Lipinski definition) is 0. The largest absolute Gasteiger partial charge is 0.310 e. The zero-order valence-corrected chi connectivity index (χ0v) is 38.9. The van der Waals surface area contributed by atoms with Gasteiger partial charge in [0.25, 0.3) is 6.71 Å². The Bertz CT molecular complexity index is 3680. The van der Waals surface area contributed by atoms with Crippen molar-refractivity contribution in [3.05, 3.63) is 197 Å². The van der Waals surface area contributed by atoms with Crippen molar-refractivity contribution in [2.24, 2.45) is 0 Å². The van der Waals surface area contributed by atoms with Crippen LogP contribution in [0.25, 0.3) is 77.6 Å². The summed E-state index contributed by atoms with van der Waals surface area (Å²) in [4.78, 5) is 0. The number of para-hydroxylation sites is 1. The number of rotatable bonds is 8. The zero-order chi connectivity index (χ0) is 44.4. The van der Waals surface area contributed by atoms with Crippen LogP contribution in [0.15, 0.2) is 164 Å². The molecule has 14 rings (SSSR count). The van der Waals surface area contributed by atoms with Crippen molar-refractivity contribution in [2.45, 2.75) is 83.5 Å². The van der Waals surface area contributed by atoms with Gasteiger partial charge in [0.05, 0.1) is 16.6 Å². The fraction of sp³-hybridized carbons (Fsp3) is 0.206. The first-order valence-corrected chi connectivity index (χ1v) is 24.6. The minimum Gasteiger partial charge on any atom is -0.310 e. The summed E-state index contributed by atoms with van der Waals surface area (Å²) in [6, 6.07) is 64.0. The molecule has 0 atom stereocenters. The summed E-state index contributed by atoms with van der Waals surface area (Å²) in [6.07, 6.45) is 4.33. The highest BCUT2D eigenvalue weighted by atomic mass is 15.1. The van der Waals surface area contributed by atoms with Gasteiger partial charge >= 0.3 is 0 Å². The van der Waals surface area contributed by atoms with Gasteiger partial charge in [0, 0.05) is 44.1 Å². The summed E-state index contributed by atoms with van der Waals surface area (Å²) in [5.41, 5.74) is 26.9. The maximum Gasteiger partial charge on any atom is 0.252 e. The van der Waals surface area contributed by atoms with Crippen LogP contribution in [0.3, 0.4) is 0 Å². The van der Waals surface area contributed by atoms with Crippen molar-refractivity contribution in [1.29, 1.82) is 0 Å². The van der Waals surface area contributed by atoms with E-state index in [1.807, 2.05) is 0 Å². The Kier molecular flexibility index (Phi) is 7.67. The number of fused-ring (bicyclic) bond motifs is 11. The van der Waals surface area contributed by atoms with E-state index in [1.165, 1.54) is 127 Å². The second kappa shape index (κ2) is 13.2. The molecule has 0 N–H and O–H groups in total.